The number of aryl methyl sites for hydroxylation is 1. The Kier molecular flexibility index (Phi) is 4.50. The molecule has 0 spiro atoms. The largest absolute Gasteiger partial charge is 0.496 e. The first-order valence-electron chi connectivity index (χ1n) is 7.07. The number of carbonyl (C=O) groups is 2. The smallest absolute Gasteiger partial charge is 0.257 e. The van der Waals surface area contributed by atoms with E-state index in [1.54, 1.807) is 37.1 Å². The van der Waals surface area contributed by atoms with E-state index in [2.05, 4.69) is 0 Å². The van der Waals surface area contributed by atoms with Crippen molar-refractivity contribution in [1.82, 2.24) is 9.80 Å². The van der Waals surface area contributed by atoms with Crippen LogP contribution in [0.15, 0.2) is 18.2 Å². The first-order valence-corrected chi connectivity index (χ1v) is 7.07. The normalized spacial score (nSPS) is 18.0. The highest BCUT2D eigenvalue weighted by Gasteiger charge is 2.29. The topological polar surface area (TPSA) is 49.9 Å². The van der Waals surface area contributed by atoms with Gasteiger partial charge in [0.15, 0.2) is 0 Å². The number of rotatable bonds is 4. The number of methoxy groups -OCH3 is 1. The standard InChI is InChI=1S/C16H22N2O3/c1-11-6-5-7-13(21-4)15(11)16(20)18(3)10-12-8-14(19)17(2)9-12/h5-7,12H,8-10H2,1-4H3. The van der Waals surface area contributed by atoms with Gasteiger partial charge in [-0.1, -0.05) is 12.1 Å². The second-order valence-electron chi connectivity index (χ2n) is 5.68. The minimum Gasteiger partial charge on any atom is -0.496 e. The average molecular weight is 290 g/mol. The van der Waals surface area contributed by atoms with Crippen LogP contribution in [0.2, 0.25) is 0 Å². The Morgan fingerprint density at radius 3 is 2.76 bits per heavy atom. The molecule has 0 bridgehead atoms. The Bertz CT molecular complexity index is 556. The summed E-state index contributed by atoms with van der Waals surface area (Å²) >= 11 is 0. The van der Waals surface area contributed by atoms with Crippen LogP contribution in [-0.2, 0) is 4.79 Å². The maximum atomic E-state index is 12.6. The molecule has 114 valence electrons. The molecule has 0 N–H and O–H groups in total. The lowest BCUT2D eigenvalue weighted by molar-refractivity contribution is -0.126. The van der Waals surface area contributed by atoms with Crippen molar-refractivity contribution in [3.63, 3.8) is 0 Å². The molecule has 5 nitrogen and oxygen atoms in total. The fraction of sp³-hybridized carbons (Fsp3) is 0.500. The molecule has 21 heavy (non-hydrogen) atoms. The van der Waals surface area contributed by atoms with Gasteiger partial charge < -0.3 is 14.5 Å². The van der Waals surface area contributed by atoms with Crippen LogP contribution in [-0.4, -0.2) is 55.9 Å². The maximum absolute atomic E-state index is 12.6. The second-order valence-corrected chi connectivity index (χ2v) is 5.68. The Balaban J connectivity index is 2.11. The molecule has 1 atom stereocenters. The number of benzene rings is 1. The zero-order chi connectivity index (χ0) is 15.6. The summed E-state index contributed by atoms with van der Waals surface area (Å²) in [6.07, 6.45) is 0.513. The molecule has 1 aliphatic heterocycles. The molecule has 0 aliphatic carbocycles. The van der Waals surface area contributed by atoms with Crippen molar-refractivity contribution in [2.75, 3.05) is 34.3 Å². The zero-order valence-electron chi connectivity index (χ0n) is 13.0. The monoisotopic (exact) mass is 290 g/mol. The fourth-order valence-corrected chi connectivity index (χ4v) is 2.82. The molecule has 0 radical (unpaired) electrons. The molecule has 0 saturated carbocycles. The molecule has 2 amide bonds. The highest BCUT2D eigenvalue weighted by molar-refractivity contribution is 5.98. The molecule has 1 unspecified atom stereocenters. The molecule has 1 aliphatic rings. The third-order valence-electron chi connectivity index (χ3n) is 3.97. The fourth-order valence-electron chi connectivity index (χ4n) is 2.82. The minimum absolute atomic E-state index is 0.0630. The predicted octanol–water partition coefficient (Wildman–Crippen LogP) is 1.55. The first kappa shape index (κ1) is 15.4. The summed E-state index contributed by atoms with van der Waals surface area (Å²) in [4.78, 5) is 27.6. The summed E-state index contributed by atoms with van der Waals surface area (Å²) in [6.45, 7) is 3.18. The lowest BCUT2D eigenvalue weighted by atomic mass is 10.0. The third kappa shape index (κ3) is 3.17. The number of nitrogens with zero attached hydrogens (tertiary/aromatic N) is 2. The minimum atomic E-state index is -0.0630. The number of likely N-dealkylation sites (tertiary alicyclic amines) is 1. The second kappa shape index (κ2) is 6.16. The summed E-state index contributed by atoms with van der Waals surface area (Å²) in [5, 5.41) is 0. The van der Waals surface area contributed by atoms with Crippen molar-refractivity contribution in [2.45, 2.75) is 13.3 Å². The van der Waals surface area contributed by atoms with Gasteiger partial charge in [0.05, 0.1) is 12.7 Å². The number of carbonyl (C=O) groups excluding carboxylic acids is 2. The predicted molar refractivity (Wildman–Crippen MR) is 80.4 cm³/mol. The SMILES string of the molecule is COc1cccc(C)c1C(=O)N(C)CC1CC(=O)N(C)C1. The van der Waals surface area contributed by atoms with Gasteiger partial charge in [-0.05, 0) is 18.6 Å². The molecule has 0 aromatic heterocycles. The highest BCUT2D eigenvalue weighted by Crippen LogP contribution is 2.24. The van der Waals surface area contributed by atoms with Crippen LogP contribution < -0.4 is 4.74 Å². The molecule has 1 saturated heterocycles. The quantitative estimate of drug-likeness (QED) is 0.845. The van der Waals surface area contributed by atoms with Crippen LogP contribution in [0.4, 0.5) is 0 Å². The molecular weight excluding hydrogens is 268 g/mol. The van der Waals surface area contributed by atoms with Crippen LogP contribution >= 0.6 is 0 Å². The Morgan fingerprint density at radius 2 is 2.19 bits per heavy atom. The molecular formula is C16H22N2O3. The molecule has 1 aromatic carbocycles. The summed E-state index contributed by atoms with van der Waals surface area (Å²) in [5.74, 6) is 0.874. The number of hydrogen-bond donors (Lipinski definition) is 0. The van der Waals surface area contributed by atoms with E-state index < -0.39 is 0 Å². The van der Waals surface area contributed by atoms with Gasteiger partial charge in [-0.15, -0.1) is 0 Å². The van der Waals surface area contributed by atoms with E-state index in [1.165, 1.54) is 0 Å². The van der Waals surface area contributed by atoms with Gasteiger partial charge in [0, 0.05) is 39.5 Å². The number of amides is 2. The Hall–Kier alpha value is -2.04. The molecule has 2 rings (SSSR count). The molecule has 1 aromatic rings. The van der Waals surface area contributed by atoms with E-state index in [4.69, 9.17) is 4.74 Å². The lowest BCUT2D eigenvalue weighted by Gasteiger charge is -2.22. The number of hydrogen-bond acceptors (Lipinski definition) is 3. The molecule has 1 fully saturated rings. The zero-order valence-corrected chi connectivity index (χ0v) is 13.0. The van der Waals surface area contributed by atoms with E-state index in [-0.39, 0.29) is 17.7 Å². The van der Waals surface area contributed by atoms with Gasteiger partial charge in [0.2, 0.25) is 5.91 Å². The van der Waals surface area contributed by atoms with Gasteiger partial charge >= 0.3 is 0 Å². The van der Waals surface area contributed by atoms with Crippen molar-refractivity contribution in [2.24, 2.45) is 5.92 Å². The van der Waals surface area contributed by atoms with Gasteiger partial charge in [0.1, 0.15) is 5.75 Å². The van der Waals surface area contributed by atoms with Crippen LogP contribution in [0, 0.1) is 12.8 Å². The van der Waals surface area contributed by atoms with Crippen molar-refractivity contribution in [3.05, 3.63) is 29.3 Å². The first-order chi connectivity index (χ1) is 9.93. The van der Waals surface area contributed by atoms with Crippen LogP contribution in [0.1, 0.15) is 22.3 Å². The third-order valence-corrected chi connectivity index (χ3v) is 3.97. The van der Waals surface area contributed by atoms with E-state index in [1.807, 2.05) is 19.1 Å². The van der Waals surface area contributed by atoms with Gasteiger partial charge in [-0.3, -0.25) is 9.59 Å². The van der Waals surface area contributed by atoms with Crippen LogP contribution in [0.5, 0.6) is 5.75 Å². The van der Waals surface area contributed by atoms with Crippen molar-refractivity contribution >= 4 is 11.8 Å². The number of ether oxygens (including phenoxy) is 1. The van der Waals surface area contributed by atoms with E-state index in [0.717, 1.165) is 5.56 Å². The van der Waals surface area contributed by atoms with E-state index in [0.29, 0.717) is 30.8 Å². The van der Waals surface area contributed by atoms with Crippen molar-refractivity contribution in [3.8, 4) is 5.75 Å². The van der Waals surface area contributed by atoms with Crippen LogP contribution in [0.25, 0.3) is 0 Å². The highest BCUT2D eigenvalue weighted by atomic mass is 16.5. The maximum Gasteiger partial charge on any atom is 0.257 e. The van der Waals surface area contributed by atoms with Crippen molar-refractivity contribution in [1.29, 1.82) is 0 Å². The Morgan fingerprint density at radius 1 is 1.48 bits per heavy atom. The molecule has 1 heterocycles. The summed E-state index contributed by atoms with van der Waals surface area (Å²) < 4.78 is 5.29. The van der Waals surface area contributed by atoms with E-state index >= 15 is 0 Å². The summed E-state index contributed by atoms with van der Waals surface area (Å²) in [7, 11) is 5.14. The van der Waals surface area contributed by atoms with Gasteiger partial charge in [-0.25, -0.2) is 0 Å². The van der Waals surface area contributed by atoms with Crippen LogP contribution in [0.3, 0.4) is 0 Å². The van der Waals surface area contributed by atoms with Gasteiger partial charge in [-0.2, -0.15) is 0 Å². The van der Waals surface area contributed by atoms with Gasteiger partial charge in [0.25, 0.3) is 5.91 Å². The summed E-state index contributed by atoms with van der Waals surface area (Å²) in [6, 6.07) is 5.56. The Labute approximate surface area is 125 Å². The summed E-state index contributed by atoms with van der Waals surface area (Å²) in [5.41, 5.74) is 1.49. The lowest BCUT2D eigenvalue weighted by Crippen LogP contribution is -2.33. The van der Waals surface area contributed by atoms with Crippen molar-refractivity contribution < 1.29 is 14.3 Å². The molecule has 5 heteroatoms. The van der Waals surface area contributed by atoms with E-state index in [9.17, 15) is 9.59 Å². The average Bonchev–Trinajstić information content (AvgIpc) is 2.76.